The lowest BCUT2D eigenvalue weighted by molar-refractivity contribution is -0.295. The van der Waals surface area contributed by atoms with Gasteiger partial charge in [-0.05, 0) is 0 Å². The Morgan fingerprint density at radius 2 is 2.00 bits per heavy atom. The third-order valence-corrected chi connectivity index (χ3v) is 3.21. The first-order chi connectivity index (χ1) is 9.62. The highest BCUT2D eigenvalue weighted by atomic mass is 16.7. The Morgan fingerprint density at radius 1 is 1.43 bits per heavy atom. The Labute approximate surface area is 119 Å². The topological polar surface area (TPSA) is 177 Å². The van der Waals surface area contributed by atoms with Gasteiger partial charge in [0.1, 0.15) is 18.3 Å². The van der Waals surface area contributed by atoms with Crippen LogP contribution in [0.15, 0.2) is 0 Å². The minimum Gasteiger partial charge on any atom is -0.477 e. The van der Waals surface area contributed by atoms with Crippen molar-refractivity contribution in [2.24, 2.45) is 0 Å². The van der Waals surface area contributed by atoms with E-state index in [4.69, 9.17) is 14.9 Å². The maximum atomic E-state index is 11.1. The second kappa shape index (κ2) is 6.64. The maximum Gasteiger partial charge on any atom is 0.364 e. The van der Waals surface area contributed by atoms with Crippen molar-refractivity contribution >= 4 is 11.9 Å². The monoisotopic (exact) mass is 309 g/mol. The molecule has 10 heteroatoms. The number of rotatable bonds is 5. The molecular formula is C11H19NO9. The van der Waals surface area contributed by atoms with E-state index in [-0.39, 0.29) is 0 Å². The molecule has 0 aromatic rings. The van der Waals surface area contributed by atoms with Crippen molar-refractivity contribution < 1.29 is 45.0 Å². The molecule has 122 valence electrons. The molecule has 1 saturated heterocycles. The van der Waals surface area contributed by atoms with Crippen LogP contribution in [-0.4, -0.2) is 85.4 Å². The van der Waals surface area contributed by atoms with E-state index in [1.165, 1.54) is 0 Å². The van der Waals surface area contributed by atoms with Crippen molar-refractivity contribution in [1.82, 2.24) is 5.32 Å². The summed E-state index contributed by atoms with van der Waals surface area (Å²) in [6, 6.07) is -1.27. The molecule has 0 aromatic heterocycles. The molecule has 1 aliphatic rings. The van der Waals surface area contributed by atoms with Gasteiger partial charge in [0.05, 0.1) is 18.8 Å². The highest BCUT2D eigenvalue weighted by Gasteiger charge is 2.53. The molecule has 1 amide bonds. The van der Waals surface area contributed by atoms with Gasteiger partial charge in [-0.3, -0.25) is 4.79 Å². The zero-order chi connectivity index (χ0) is 16.4. The Hall–Kier alpha value is -1.30. The predicted molar refractivity (Wildman–Crippen MR) is 64.8 cm³/mol. The number of carboxylic acid groups (broad SMARTS) is 1. The molecule has 0 spiro atoms. The van der Waals surface area contributed by atoms with E-state index in [0.717, 1.165) is 6.92 Å². The van der Waals surface area contributed by atoms with Gasteiger partial charge in [0, 0.05) is 13.3 Å². The van der Waals surface area contributed by atoms with Crippen LogP contribution < -0.4 is 5.32 Å². The molecule has 0 radical (unpaired) electrons. The fourth-order valence-corrected chi connectivity index (χ4v) is 2.14. The smallest absolute Gasteiger partial charge is 0.364 e. The molecule has 0 bridgehead atoms. The molecular weight excluding hydrogens is 290 g/mol. The van der Waals surface area contributed by atoms with Crippen LogP contribution in [0, 0.1) is 0 Å². The number of carbonyl (C=O) groups is 2. The lowest BCUT2D eigenvalue weighted by Gasteiger charge is -2.44. The maximum absolute atomic E-state index is 11.1. The Morgan fingerprint density at radius 3 is 2.43 bits per heavy atom. The highest BCUT2D eigenvalue weighted by molar-refractivity contribution is 5.76. The lowest BCUT2D eigenvalue weighted by atomic mass is 9.88. The predicted octanol–water partition coefficient (Wildman–Crippen LogP) is -3.87. The zero-order valence-electron chi connectivity index (χ0n) is 11.2. The van der Waals surface area contributed by atoms with Gasteiger partial charge in [-0.1, -0.05) is 0 Å². The van der Waals surface area contributed by atoms with Gasteiger partial charge in [0.2, 0.25) is 5.91 Å². The Balaban J connectivity index is 3.07. The summed E-state index contributed by atoms with van der Waals surface area (Å²) in [5, 5.41) is 59.0. The van der Waals surface area contributed by atoms with E-state index in [0.29, 0.717) is 0 Å². The number of aliphatic hydroxyl groups excluding tert-OH is 4. The number of aliphatic hydroxyl groups is 5. The van der Waals surface area contributed by atoms with Gasteiger partial charge in [-0.2, -0.15) is 0 Å². The number of aliphatic carboxylic acids is 1. The molecule has 7 N–H and O–H groups in total. The minimum absolute atomic E-state index is 0.598. The summed E-state index contributed by atoms with van der Waals surface area (Å²) in [6.07, 6.45) is -7.48. The van der Waals surface area contributed by atoms with E-state index in [2.05, 4.69) is 5.32 Å². The molecule has 1 rings (SSSR count). The normalized spacial score (nSPS) is 35.8. The van der Waals surface area contributed by atoms with E-state index in [9.17, 15) is 30.0 Å². The molecule has 1 heterocycles. The Kier molecular flexibility index (Phi) is 5.61. The molecule has 0 saturated carbocycles. The number of ether oxygens (including phenoxy) is 1. The van der Waals surface area contributed by atoms with Crippen molar-refractivity contribution in [3.05, 3.63) is 0 Å². The molecule has 4 unspecified atom stereocenters. The minimum atomic E-state index is -2.78. The number of nitrogens with one attached hydrogen (secondary N) is 1. The van der Waals surface area contributed by atoms with Crippen LogP contribution >= 0.6 is 0 Å². The van der Waals surface area contributed by atoms with E-state index < -0.39 is 61.1 Å². The molecule has 0 aromatic carbocycles. The third-order valence-electron chi connectivity index (χ3n) is 3.21. The molecule has 1 aliphatic heterocycles. The summed E-state index contributed by atoms with van der Waals surface area (Å²) in [5.74, 6) is -5.17. The van der Waals surface area contributed by atoms with Crippen LogP contribution in [0.5, 0.6) is 0 Å². The summed E-state index contributed by atoms with van der Waals surface area (Å²) in [7, 11) is 0. The summed E-state index contributed by atoms with van der Waals surface area (Å²) in [4.78, 5) is 22.1. The van der Waals surface area contributed by atoms with Crippen molar-refractivity contribution in [1.29, 1.82) is 0 Å². The molecule has 0 aliphatic carbocycles. The van der Waals surface area contributed by atoms with Crippen LogP contribution in [0.2, 0.25) is 0 Å². The van der Waals surface area contributed by atoms with E-state index in [1.54, 1.807) is 0 Å². The van der Waals surface area contributed by atoms with Crippen molar-refractivity contribution in [3.8, 4) is 0 Å². The zero-order valence-corrected chi connectivity index (χ0v) is 11.2. The number of amides is 1. The van der Waals surface area contributed by atoms with Crippen molar-refractivity contribution in [3.63, 3.8) is 0 Å². The summed E-state index contributed by atoms with van der Waals surface area (Å²) >= 11 is 0. The highest BCUT2D eigenvalue weighted by Crippen LogP contribution is 2.30. The van der Waals surface area contributed by atoms with Gasteiger partial charge < -0.3 is 40.7 Å². The molecule has 6 atom stereocenters. The van der Waals surface area contributed by atoms with Gasteiger partial charge >= 0.3 is 5.97 Å². The second-order valence-corrected chi connectivity index (χ2v) is 4.91. The first kappa shape index (κ1) is 17.8. The largest absolute Gasteiger partial charge is 0.477 e. The summed E-state index contributed by atoms with van der Waals surface area (Å²) in [5.41, 5.74) is 0. The first-order valence-electron chi connectivity index (χ1n) is 6.18. The quantitative estimate of drug-likeness (QED) is 0.268. The van der Waals surface area contributed by atoms with Crippen LogP contribution in [-0.2, 0) is 14.3 Å². The molecule has 21 heavy (non-hydrogen) atoms. The van der Waals surface area contributed by atoms with Gasteiger partial charge in [-0.25, -0.2) is 4.79 Å². The van der Waals surface area contributed by atoms with Crippen molar-refractivity contribution in [2.45, 2.75) is 49.6 Å². The van der Waals surface area contributed by atoms with E-state index in [1.807, 2.05) is 0 Å². The number of hydrogen-bond donors (Lipinski definition) is 7. The number of carbonyl (C=O) groups excluding carboxylic acids is 1. The fraction of sp³-hybridized carbons (Fsp3) is 0.818. The van der Waals surface area contributed by atoms with Crippen LogP contribution in [0.1, 0.15) is 13.3 Å². The number of hydrogen-bond acceptors (Lipinski definition) is 8. The van der Waals surface area contributed by atoms with Crippen LogP contribution in [0.4, 0.5) is 0 Å². The fourth-order valence-electron chi connectivity index (χ4n) is 2.14. The van der Waals surface area contributed by atoms with Gasteiger partial charge in [0.25, 0.3) is 5.79 Å². The average Bonchev–Trinajstić information content (AvgIpc) is 2.39. The number of carboxylic acids is 1. The van der Waals surface area contributed by atoms with Gasteiger partial charge in [-0.15, -0.1) is 0 Å². The van der Waals surface area contributed by atoms with Crippen LogP contribution in [0.25, 0.3) is 0 Å². The summed E-state index contributed by atoms with van der Waals surface area (Å²) in [6.45, 7) is 0.256. The first-order valence-corrected chi connectivity index (χ1v) is 6.18. The standard InChI is InChI=1S/C11H19NO9/c1-4(14)12-7-5(15)2-11(20,10(18)19)21-9(7)8(17)6(16)3-13/h5-9,13,15-17,20H,2-3H2,1H3,(H,12,14)(H,18,19)/t5?,6-,7?,8?,9?,11-/m1/s1. The van der Waals surface area contributed by atoms with E-state index >= 15 is 0 Å². The lowest BCUT2D eigenvalue weighted by Crippen LogP contribution is -2.67. The van der Waals surface area contributed by atoms with Gasteiger partial charge in [0.15, 0.2) is 0 Å². The second-order valence-electron chi connectivity index (χ2n) is 4.91. The summed E-state index contributed by atoms with van der Waals surface area (Å²) < 4.78 is 4.86. The molecule has 1 fully saturated rings. The SMILES string of the molecule is CC(=O)NC1C(O)C[C@](O)(C(=O)O)OC1C(O)[C@H](O)CO. The Bertz CT molecular complexity index is 403. The molecule has 10 nitrogen and oxygen atoms in total. The average molecular weight is 309 g/mol. The van der Waals surface area contributed by atoms with Crippen LogP contribution in [0.3, 0.4) is 0 Å². The van der Waals surface area contributed by atoms with Crippen molar-refractivity contribution in [2.75, 3.05) is 6.61 Å². The third kappa shape index (κ3) is 3.87.